The van der Waals surface area contributed by atoms with Crippen LogP contribution in [0.1, 0.15) is 18.4 Å². The highest BCUT2D eigenvalue weighted by atomic mass is 35.5. The van der Waals surface area contributed by atoms with E-state index in [9.17, 15) is 0 Å². The molecule has 78 valence electrons. The minimum atomic E-state index is -1.05. The van der Waals surface area contributed by atoms with E-state index in [4.69, 9.17) is 16.3 Å². The van der Waals surface area contributed by atoms with Crippen molar-refractivity contribution in [1.29, 1.82) is 0 Å². The molecule has 1 saturated carbocycles. The van der Waals surface area contributed by atoms with Gasteiger partial charge in [-0.2, -0.15) is 0 Å². The van der Waals surface area contributed by atoms with Crippen molar-refractivity contribution in [1.82, 2.24) is 0 Å². The van der Waals surface area contributed by atoms with E-state index < -0.39 is 5.31 Å². The van der Waals surface area contributed by atoms with E-state index >= 15 is 0 Å². The summed E-state index contributed by atoms with van der Waals surface area (Å²) < 4.78 is 5.45. The maximum absolute atomic E-state index is 5.81. The Morgan fingerprint density at radius 2 is 1.87 bits per heavy atom. The molecule has 3 nitrogen and oxygen atoms in total. The van der Waals surface area contributed by atoms with Crippen LogP contribution in [-0.4, -0.2) is 11.9 Å². The zero-order valence-electron chi connectivity index (χ0n) is 8.19. The van der Waals surface area contributed by atoms with Gasteiger partial charge in [-0.05, 0) is 30.0 Å². The third kappa shape index (κ3) is 1.77. The predicted molar refractivity (Wildman–Crippen MR) is 56.7 cm³/mol. The summed E-state index contributed by atoms with van der Waals surface area (Å²) in [6.45, 7) is 0.605. The van der Waals surface area contributed by atoms with Gasteiger partial charge >= 0.3 is 5.31 Å². The molecule has 0 aromatic heterocycles. The maximum Gasteiger partial charge on any atom is 0.375 e. The third-order valence-corrected chi connectivity index (χ3v) is 3.29. The topological polar surface area (TPSA) is 34.0 Å². The zero-order valence-corrected chi connectivity index (χ0v) is 8.94. The van der Waals surface area contributed by atoms with Gasteiger partial charge in [0, 0.05) is 5.41 Å². The number of rotatable bonds is 4. The third-order valence-electron chi connectivity index (χ3n) is 3.03. The van der Waals surface area contributed by atoms with Crippen molar-refractivity contribution in [2.45, 2.75) is 23.6 Å². The molecule has 1 aliphatic heterocycles. The molecule has 15 heavy (non-hydrogen) atoms. The molecule has 1 fully saturated rings. The van der Waals surface area contributed by atoms with Crippen LogP contribution in [0.2, 0.25) is 0 Å². The summed E-state index contributed by atoms with van der Waals surface area (Å²) in [6, 6.07) is 10.4. The molecule has 2 aliphatic rings. The monoisotopic (exact) mass is 222 g/mol. The first kappa shape index (κ1) is 9.31. The largest absolute Gasteiger partial charge is 0.375 e. The Balaban J connectivity index is 1.69. The summed E-state index contributed by atoms with van der Waals surface area (Å²) in [7, 11) is 0. The van der Waals surface area contributed by atoms with E-state index in [1.807, 2.05) is 6.07 Å². The first-order valence-electron chi connectivity index (χ1n) is 5.05. The first-order chi connectivity index (χ1) is 7.23. The van der Waals surface area contributed by atoms with Crippen molar-refractivity contribution in [3.8, 4) is 0 Å². The van der Waals surface area contributed by atoms with Crippen LogP contribution >= 0.6 is 11.6 Å². The lowest BCUT2D eigenvalue weighted by molar-refractivity contribution is 0.0612. The minimum absolute atomic E-state index is 0.163. The van der Waals surface area contributed by atoms with Gasteiger partial charge in [-0.15, -0.1) is 10.2 Å². The van der Waals surface area contributed by atoms with Crippen LogP contribution in [0.4, 0.5) is 0 Å². The number of alkyl halides is 1. The van der Waals surface area contributed by atoms with Gasteiger partial charge in [0.15, 0.2) is 0 Å². The summed E-state index contributed by atoms with van der Waals surface area (Å²) in [5.41, 5.74) is 1.49. The predicted octanol–water partition coefficient (Wildman–Crippen LogP) is 3.05. The summed E-state index contributed by atoms with van der Waals surface area (Å²) in [5.74, 6) is 0. The Labute approximate surface area is 93.1 Å². The molecule has 0 radical (unpaired) electrons. The number of benzene rings is 1. The standard InChI is InChI=1S/C11H11ClN2O/c12-11(13-14-11)15-8-10(6-7-10)9-4-2-1-3-5-9/h1-5H,6-8H2. The molecule has 0 unspecified atom stereocenters. The Kier molecular flexibility index (Phi) is 1.88. The normalized spacial score (nSPS) is 23.8. The van der Waals surface area contributed by atoms with Crippen molar-refractivity contribution in [2.24, 2.45) is 10.2 Å². The average Bonchev–Trinajstić information content (AvgIpc) is 3.15. The van der Waals surface area contributed by atoms with Crippen LogP contribution in [0.3, 0.4) is 0 Å². The lowest BCUT2D eigenvalue weighted by Gasteiger charge is -2.16. The molecule has 1 aromatic rings. The molecule has 1 heterocycles. The van der Waals surface area contributed by atoms with Gasteiger partial charge in [0.25, 0.3) is 0 Å². The highest BCUT2D eigenvalue weighted by molar-refractivity contribution is 6.23. The summed E-state index contributed by atoms with van der Waals surface area (Å²) >= 11 is 5.81. The van der Waals surface area contributed by atoms with Crippen molar-refractivity contribution < 1.29 is 4.74 Å². The Bertz CT molecular complexity index is 394. The quantitative estimate of drug-likeness (QED) is 0.570. The van der Waals surface area contributed by atoms with Crippen LogP contribution in [0.15, 0.2) is 40.6 Å². The SMILES string of the molecule is ClC1(OCC2(c3ccccc3)CC2)N=N1. The van der Waals surface area contributed by atoms with Gasteiger partial charge in [0.1, 0.15) is 0 Å². The molecule has 1 aromatic carbocycles. The second-order valence-corrected chi connectivity index (χ2v) is 4.66. The number of halogens is 1. The smallest absolute Gasteiger partial charge is 0.319 e. The number of hydrogen-bond donors (Lipinski definition) is 0. The molecule has 0 spiro atoms. The van der Waals surface area contributed by atoms with Gasteiger partial charge < -0.3 is 4.74 Å². The molecule has 3 rings (SSSR count). The van der Waals surface area contributed by atoms with Crippen molar-refractivity contribution in [3.63, 3.8) is 0 Å². The molecule has 4 heteroatoms. The molecular formula is C11H11ClN2O. The van der Waals surface area contributed by atoms with Crippen molar-refractivity contribution in [3.05, 3.63) is 35.9 Å². The average molecular weight is 223 g/mol. The number of hydrogen-bond acceptors (Lipinski definition) is 3. The molecular weight excluding hydrogens is 212 g/mol. The number of nitrogens with zero attached hydrogens (tertiary/aromatic N) is 2. The molecule has 0 bridgehead atoms. The van der Waals surface area contributed by atoms with Gasteiger partial charge in [0.05, 0.1) is 6.61 Å². The van der Waals surface area contributed by atoms with Crippen molar-refractivity contribution >= 4 is 11.6 Å². The fourth-order valence-electron chi connectivity index (χ4n) is 1.79. The Morgan fingerprint density at radius 3 is 2.40 bits per heavy atom. The van der Waals surface area contributed by atoms with E-state index in [0.29, 0.717) is 6.61 Å². The Hall–Kier alpha value is -0.930. The Morgan fingerprint density at radius 1 is 1.20 bits per heavy atom. The van der Waals surface area contributed by atoms with Crippen LogP contribution in [-0.2, 0) is 10.2 Å². The summed E-state index contributed by atoms with van der Waals surface area (Å²) in [6.07, 6.45) is 2.31. The molecule has 0 N–H and O–H groups in total. The van der Waals surface area contributed by atoms with Crippen LogP contribution in [0, 0.1) is 0 Å². The summed E-state index contributed by atoms with van der Waals surface area (Å²) in [5, 5.41) is 6.20. The lowest BCUT2D eigenvalue weighted by atomic mass is 9.97. The molecule has 0 amide bonds. The van der Waals surface area contributed by atoms with Gasteiger partial charge in [-0.3, -0.25) is 0 Å². The second kappa shape index (κ2) is 3.03. The fraction of sp³-hybridized carbons (Fsp3) is 0.455. The zero-order chi connectivity index (χ0) is 10.4. The van der Waals surface area contributed by atoms with Gasteiger partial charge in [0.2, 0.25) is 0 Å². The molecule has 0 atom stereocenters. The second-order valence-electron chi connectivity index (χ2n) is 4.16. The summed E-state index contributed by atoms with van der Waals surface area (Å²) in [4.78, 5) is 0. The van der Waals surface area contributed by atoms with E-state index in [1.165, 1.54) is 5.56 Å². The van der Waals surface area contributed by atoms with Gasteiger partial charge in [-0.1, -0.05) is 30.3 Å². The van der Waals surface area contributed by atoms with E-state index in [2.05, 4.69) is 34.5 Å². The van der Waals surface area contributed by atoms with Crippen LogP contribution in [0.25, 0.3) is 0 Å². The van der Waals surface area contributed by atoms with E-state index in [1.54, 1.807) is 0 Å². The molecule has 0 saturated heterocycles. The van der Waals surface area contributed by atoms with E-state index in [0.717, 1.165) is 12.8 Å². The first-order valence-corrected chi connectivity index (χ1v) is 5.43. The fourth-order valence-corrected chi connectivity index (χ4v) is 1.88. The van der Waals surface area contributed by atoms with Crippen molar-refractivity contribution in [2.75, 3.05) is 6.61 Å². The van der Waals surface area contributed by atoms with Crippen LogP contribution < -0.4 is 0 Å². The highest BCUT2D eigenvalue weighted by Crippen LogP contribution is 2.50. The molecule has 1 aliphatic carbocycles. The van der Waals surface area contributed by atoms with Crippen LogP contribution in [0.5, 0.6) is 0 Å². The number of ether oxygens (including phenoxy) is 1. The highest BCUT2D eigenvalue weighted by Gasteiger charge is 2.49. The lowest BCUT2D eigenvalue weighted by Crippen LogP contribution is -2.20. The maximum atomic E-state index is 5.81. The van der Waals surface area contributed by atoms with E-state index in [-0.39, 0.29) is 5.41 Å². The minimum Gasteiger partial charge on any atom is -0.319 e. The van der Waals surface area contributed by atoms with Gasteiger partial charge in [-0.25, -0.2) is 0 Å².